The molecular weight excluding hydrogens is 378 g/mol. The monoisotopic (exact) mass is 423 g/mol. The van der Waals surface area contributed by atoms with E-state index in [1.807, 2.05) is 20.8 Å². The fraction of sp³-hybridized carbons (Fsp3) is 0.800. The van der Waals surface area contributed by atoms with E-state index in [1.54, 1.807) is 0 Å². The van der Waals surface area contributed by atoms with Crippen molar-refractivity contribution in [3.05, 3.63) is 24.3 Å². The molecule has 1 amide bonds. The van der Waals surface area contributed by atoms with E-state index in [9.17, 15) is 15.0 Å². The van der Waals surface area contributed by atoms with Gasteiger partial charge in [0.25, 0.3) is 0 Å². The van der Waals surface area contributed by atoms with Crippen molar-refractivity contribution >= 4 is 5.91 Å². The summed E-state index contributed by atoms with van der Waals surface area (Å²) in [4.78, 5) is 11.7. The molecule has 1 aliphatic carbocycles. The minimum absolute atomic E-state index is 0.0228. The van der Waals surface area contributed by atoms with Gasteiger partial charge in [-0.3, -0.25) is 4.79 Å². The molecule has 5 nitrogen and oxygen atoms in total. The lowest BCUT2D eigenvalue weighted by Crippen LogP contribution is -2.29. The highest BCUT2D eigenvalue weighted by atomic mass is 16.5. The molecule has 30 heavy (non-hydrogen) atoms. The van der Waals surface area contributed by atoms with E-state index in [0.717, 1.165) is 32.1 Å². The molecule has 0 aliphatic heterocycles. The fourth-order valence-electron chi connectivity index (χ4n) is 4.15. The van der Waals surface area contributed by atoms with Gasteiger partial charge in [-0.25, -0.2) is 0 Å². The third-order valence-electron chi connectivity index (χ3n) is 5.74. The molecule has 0 spiro atoms. The number of aliphatic hydroxyl groups excluding tert-OH is 2. The largest absolute Gasteiger partial charge is 0.393 e. The van der Waals surface area contributed by atoms with Crippen LogP contribution in [0.15, 0.2) is 24.3 Å². The Morgan fingerprint density at radius 3 is 2.57 bits per heavy atom. The predicted molar refractivity (Wildman–Crippen MR) is 123 cm³/mol. The van der Waals surface area contributed by atoms with Crippen molar-refractivity contribution in [2.45, 2.75) is 110 Å². The number of aliphatic hydroxyl groups is 2. The molecule has 3 N–H and O–H groups in total. The van der Waals surface area contributed by atoms with Crippen LogP contribution < -0.4 is 5.32 Å². The van der Waals surface area contributed by atoms with E-state index in [2.05, 4.69) is 36.5 Å². The standard InChI is InChI=1S/C25H45NO4/c1-5-7-10-13-20(30-6-2)16-17-22-21(23(27)18-24(22)28)14-11-8-9-12-15-25(29)26-19(3)4/h8,11,16-17,19-24,27-28H,5-7,9-10,12-15,18H2,1-4H3,(H,26,29). The molecule has 0 aromatic rings. The normalized spacial score (nSPS) is 25.6. The number of carbonyl (C=O) groups excluding carboxylic acids is 1. The van der Waals surface area contributed by atoms with Gasteiger partial charge in [0.1, 0.15) is 0 Å². The zero-order valence-corrected chi connectivity index (χ0v) is 19.6. The summed E-state index contributed by atoms with van der Waals surface area (Å²) in [5.41, 5.74) is 0. The Morgan fingerprint density at radius 1 is 1.13 bits per heavy atom. The minimum Gasteiger partial charge on any atom is -0.393 e. The van der Waals surface area contributed by atoms with Crippen molar-refractivity contribution in [3.8, 4) is 0 Å². The summed E-state index contributed by atoms with van der Waals surface area (Å²) in [7, 11) is 0. The van der Waals surface area contributed by atoms with Gasteiger partial charge in [0.2, 0.25) is 5.91 Å². The van der Waals surface area contributed by atoms with Crippen molar-refractivity contribution < 1.29 is 19.7 Å². The molecule has 0 radical (unpaired) electrons. The summed E-state index contributed by atoms with van der Waals surface area (Å²) in [6.07, 6.45) is 15.3. The first-order valence-electron chi connectivity index (χ1n) is 12.0. The average Bonchev–Trinajstić information content (AvgIpc) is 2.94. The SMILES string of the molecule is CCCCCC(C=CC1C(O)CC(O)C1CC=CCCCC(=O)NC(C)C)OCC. The Balaban J connectivity index is 2.51. The number of rotatable bonds is 15. The van der Waals surface area contributed by atoms with Gasteiger partial charge in [-0.15, -0.1) is 0 Å². The van der Waals surface area contributed by atoms with Gasteiger partial charge >= 0.3 is 0 Å². The van der Waals surface area contributed by atoms with Gasteiger partial charge < -0.3 is 20.3 Å². The first-order valence-corrected chi connectivity index (χ1v) is 12.0. The average molecular weight is 424 g/mol. The van der Waals surface area contributed by atoms with E-state index in [0.29, 0.717) is 19.4 Å². The van der Waals surface area contributed by atoms with Gasteiger partial charge in [0.15, 0.2) is 0 Å². The Morgan fingerprint density at radius 2 is 1.90 bits per heavy atom. The molecular formula is C25H45NO4. The smallest absolute Gasteiger partial charge is 0.220 e. The predicted octanol–water partition coefficient (Wildman–Crippen LogP) is 4.53. The number of nitrogens with one attached hydrogen (secondary N) is 1. The molecule has 0 aromatic carbocycles. The van der Waals surface area contributed by atoms with Crippen LogP contribution in [0.25, 0.3) is 0 Å². The van der Waals surface area contributed by atoms with E-state index in [-0.39, 0.29) is 29.9 Å². The highest BCUT2D eigenvalue weighted by Gasteiger charge is 2.39. The maximum Gasteiger partial charge on any atom is 0.220 e. The van der Waals surface area contributed by atoms with E-state index >= 15 is 0 Å². The summed E-state index contributed by atoms with van der Waals surface area (Å²) in [6, 6.07) is 0.183. The summed E-state index contributed by atoms with van der Waals surface area (Å²) in [6.45, 7) is 8.81. The van der Waals surface area contributed by atoms with Crippen LogP contribution in [0.2, 0.25) is 0 Å². The molecule has 5 unspecified atom stereocenters. The number of hydrogen-bond acceptors (Lipinski definition) is 4. The van der Waals surface area contributed by atoms with E-state index in [1.165, 1.54) is 12.8 Å². The Labute approximate surface area is 184 Å². The Bertz CT molecular complexity index is 517. The molecule has 0 bridgehead atoms. The minimum atomic E-state index is -0.507. The van der Waals surface area contributed by atoms with Crippen LogP contribution >= 0.6 is 0 Å². The molecule has 1 saturated carbocycles. The second-order valence-electron chi connectivity index (χ2n) is 8.81. The van der Waals surface area contributed by atoms with E-state index in [4.69, 9.17) is 4.74 Å². The summed E-state index contributed by atoms with van der Waals surface area (Å²) in [5, 5.41) is 23.8. The molecule has 0 heterocycles. The summed E-state index contributed by atoms with van der Waals surface area (Å²) < 4.78 is 5.84. The summed E-state index contributed by atoms with van der Waals surface area (Å²) in [5.74, 6) is 0.0750. The van der Waals surface area contributed by atoms with Gasteiger partial charge in [0.05, 0.1) is 18.3 Å². The lowest BCUT2D eigenvalue weighted by molar-refractivity contribution is -0.121. The molecule has 174 valence electrons. The van der Waals surface area contributed by atoms with Crippen molar-refractivity contribution in [3.63, 3.8) is 0 Å². The van der Waals surface area contributed by atoms with Crippen LogP contribution in [0.5, 0.6) is 0 Å². The third-order valence-corrected chi connectivity index (χ3v) is 5.74. The number of ether oxygens (including phenoxy) is 1. The quantitative estimate of drug-likeness (QED) is 0.267. The maximum absolute atomic E-state index is 11.7. The van der Waals surface area contributed by atoms with Gasteiger partial charge in [0, 0.05) is 31.4 Å². The second-order valence-corrected chi connectivity index (χ2v) is 8.81. The molecule has 1 fully saturated rings. The number of amides is 1. The van der Waals surface area contributed by atoms with Crippen LogP contribution in [0.1, 0.15) is 85.5 Å². The zero-order chi connectivity index (χ0) is 22.4. The van der Waals surface area contributed by atoms with Crippen molar-refractivity contribution in [2.75, 3.05) is 6.61 Å². The van der Waals surface area contributed by atoms with Crippen molar-refractivity contribution in [1.82, 2.24) is 5.32 Å². The van der Waals surface area contributed by atoms with Gasteiger partial charge in [-0.1, -0.05) is 50.5 Å². The molecule has 0 aromatic heterocycles. The van der Waals surface area contributed by atoms with Gasteiger partial charge in [-0.05, 0) is 52.4 Å². The molecule has 0 saturated heterocycles. The van der Waals surface area contributed by atoms with Crippen LogP contribution in [0, 0.1) is 11.8 Å². The molecule has 5 atom stereocenters. The van der Waals surface area contributed by atoms with Crippen molar-refractivity contribution in [2.24, 2.45) is 11.8 Å². The lowest BCUT2D eigenvalue weighted by Gasteiger charge is -2.20. The first kappa shape index (κ1) is 26.9. The first-order chi connectivity index (χ1) is 14.4. The van der Waals surface area contributed by atoms with Crippen LogP contribution in [0.3, 0.4) is 0 Å². The second kappa shape index (κ2) is 15.6. The lowest BCUT2D eigenvalue weighted by atomic mass is 9.89. The number of unbranched alkanes of at least 4 members (excludes halogenated alkanes) is 3. The van der Waals surface area contributed by atoms with Crippen LogP contribution in [0.4, 0.5) is 0 Å². The fourth-order valence-corrected chi connectivity index (χ4v) is 4.15. The van der Waals surface area contributed by atoms with E-state index < -0.39 is 12.2 Å². The van der Waals surface area contributed by atoms with Gasteiger partial charge in [-0.2, -0.15) is 0 Å². The molecule has 1 rings (SSSR count). The van der Waals surface area contributed by atoms with Crippen molar-refractivity contribution in [1.29, 1.82) is 0 Å². The maximum atomic E-state index is 11.7. The molecule has 1 aliphatic rings. The number of carbonyl (C=O) groups is 1. The molecule has 5 heteroatoms. The highest BCUT2D eigenvalue weighted by Crippen LogP contribution is 2.36. The number of allylic oxidation sites excluding steroid dienone is 2. The summed E-state index contributed by atoms with van der Waals surface area (Å²) >= 11 is 0. The van der Waals surface area contributed by atoms with Crippen LogP contribution in [-0.2, 0) is 9.53 Å². The topological polar surface area (TPSA) is 78.8 Å². The van der Waals surface area contributed by atoms with Crippen LogP contribution in [-0.4, -0.2) is 47.1 Å². The third kappa shape index (κ3) is 10.7. The highest BCUT2D eigenvalue weighted by molar-refractivity contribution is 5.76. The zero-order valence-electron chi connectivity index (χ0n) is 19.6. The Kier molecular flexibility index (Phi) is 14.0. The Hall–Kier alpha value is -1.17. The number of hydrogen-bond donors (Lipinski definition) is 3.